The minimum Gasteiger partial charge on any atom is -0.379 e. The van der Waals surface area contributed by atoms with Crippen molar-refractivity contribution < 1.29 is 18.7 Å². The maximum absolute atomic E-state index is 9.97. The molecule has 0 aliphatic heterocycles. The summed E-state index contributed by atoms with van der Waals surface area (Å²) in [6, 6.07) is 0. The fourth-order valence-corrected chi connectivity index (χ4v) is 0.724. The van der Waals surface area contributed by atoms with E-state index in [1.807, 2.05) is 13.8 Å². The number of ether oxygens (including phenoxy) is 1. The Morgan fingerprint density at radius 3 is 2.55 bits per heavy atom. The zero-order valence-corrected chi connectivity index (χ0v) is 7.71. The minimum absolute atomic E-state index is 0.179. The van der Waals surface area contributed by atoms with Gasteiger partial charge in [0.2, 0.25) is 0 Å². The maximum Gasteiger partial charge on any atom is 0.694 e. The van der Waals surface area contributed by atoms with E-state index < -0.39 is 8.25 Å². The summed E-state index contributed by atoms with van der Waals surface area (Å²) in [5, 5.41) is 0. The van der Waals surface area contributed by atoms with E-state index >= 15 is 0 Å². The molecule has 0 bridgehead atoms. The van der Waals surface area contributed by atoms with Gasteiger partial charge in [0.25, 0.3) is 0 Å². The Balaban J connectivity index is 2.97. The number of hydrogen-bond acceptors (Lipinski definition) is 3. The molecule has 4 nitrogen and oxygen atoms in total. The van der Waals surface area contributed by atoms with Crippen LogP contribution in [-0.4, -0.2) is 24.7 Å². The van der Waals surface area contributed by atoms with Crippen molar-refractivity contribution in [1.82, 2.24) is 0 Å². The first-order valence-corrected chi connectivity index (χ1v) is 4.62. The third-order valence-corrected chi connectivity index (χ3v) is 1.28. The molecule has 1 unspecified atom stereocenters. The summed E-state index contributed by atoms with van der Waals surface area (Å²) in [7, 11) is -2.46. The van der Waals surface area contributed by atoms with E-state index in [4.69, 9.17) is 9.63 Å². The van der Waals surface area contributed by atoms with E-state index in [1.54, 1.807) is 0 Å². The predicted octanol–water partition coefficient (Wildman–Crippen LogP) is 1.33. The summed E-state index contributed by atoms with van der Waals surface area (Å²) in [6.45, 7) is 5.28. The van der Waals surface area contributed by atoms with Crippen LogP contribution in [0.2, 0.25) is 0 Å². The quantitative estimate of drug-likeness (QED) is 0.496. The molecule has 0 saturated heterocycles. The van der Waals surface area contributed by atoms with Crippen LogP contribution in [0.15, 0.2) is 0 Å². The third-order valence-electron chi connectivity index (χ3n) is 0.881. The Morgan fingerprint density at radius 2 is 2.09 bits per heavy atom. The molecule has 0 aromatic rings. The van der Waals surface area contributed by atoms with Crippen molar-refractivity contribution in [1.29, 1.82) is 0 Å². The van der Waals surface area contributed by atoms with E-state index in [-0.39, 0.29) is 6.61 Å². The topological polar surface area (TPSA) is 55.8 Å². The van der Waals surface area contributed by atoms with Gasteiger partial charge in [-0.05, 0) is 5.92 Å². The molecule has 0 spiro atoms. The van der Waals surface area contributed by atoms with Gasteiger partial charge in [0, 0.05) is 11.2 Å². The summed E-state index contributed by atoms with van der Waals surface area (Å²) >= 11 is 0. The first kappa shape index (κ1) is 11.0. The average molecular weight is 181 g/mol. The van der Waals surface area contributed by atoms with Crippen molar-refractivity contribution >= 4 is 8.25 Å². The lowest BCUT2D eigenvalue weighted by molar-refractivity contribution is 0.0807. The Labute approximate surface area is 67.5 Å². The van der Waals surface area contributed by atoms with Gasteiger partial charge in [-0.25, -0.2) is 0 Å². The van der Waals surface area contributed by atoms with Gasteiger partial charge in [-0.15, -0.1) is 9.42 Å². The van der Waals surface area contributed by atoms with Crippen molar-refractivity contribution in [2.24, 2.45) is 5.92 Å². The zero-order valence-electron chi connectivity index (χ0n) is 6.82. The highest BCUT2D eigenvalue weighted by Crippen LogP contribution is 2.12. The monoisotopic (exact) mass is 181 g/mol. The van der Waals surface area contributed by atoms with Crippen molar-refractivity contribution in [3.8, 4) is 0 Å². The predicted molar refractivity (Wildman–Crippen MR) is 41.4 cm³/mol. The van der Waals surface area contributed by atoms with Gasteiger partial charge in [0.15, 0.2) is 0 Å². The van der Waals surface area contributed by atoms with E-state index in [9.17, 15) is 4.57 Å². The van der Waals surface area contributed by atoms with E-state index in [0.29, 0.717) is 19.1 Å². The van der Waals surface area contributed by atoms with Gasteiger partial charge in [-0.2, -0.15) is 0 Å². The van der Waals surface area contributed by atoms with Crippen molar-refractivity contribution in [2.45, 2.75) is 13.8 Å². The molecule has 0 radical (unpaired) electrons. The molecule has 0 saturated carbocycles. The van der Waals surface area contributed by atoms with Gasteiger partial charge in [0.05, 0.1) is 6.61 Å². The summed E-state index contributed by atoms with van der Waals surface area (Å²) in [5.74, 6) is 0.484. The van der Waals surface area contributed by atoms with Gasteiger partial charge in [0.1, 0.15) is 6.61 Å². The molecule has 0 fully saturated rings. The average Bonchev–Trinajstić information content (AvgIpc) is 1.85. The second kappa shape index (κ2) is 6.68. The lowest BCUT2D eigenvalue weighted by Gasteiger charge is -2.03. The minimum atomic E-state index is -2.46. The molecule has 0 aromatic carbocycles. The van der Waals surface area contributed by atoms with Crippen LogP contribution in [0, 0.1) is 5.92 Å². The molecule has 0 aromatic heterocycles. The first-order valence-electron chi connectivity index (χ1n) is 3.49. The van der Waals surface area contributed by atoms with Crippen molar-refractivity contribution in [3.63, 3.8) is 0 Å². The van der Waals surface area contributed by atoms with Crippen LogP contribution < -0.4 is 0 Å². The van der Waals surface area contributed by atoms with Crippen LogP contribution in [0.4, 0.5) is 0 Å². The normalized spacial score (nSPS) is 12.2. The van der Waals surface area contributed by atoms with Crippen LogP contribution in [-0.2, 0) is 13.8 Å². The number of hydrogen-bond donors (Lipinski definition) is 1. The Kier molecular flexibility index (Phi) is 6.66. The molecule has 0 aliphatic rings. The molecule has 5 heteroatoms. The highest BCUT2D eigenvalue weighted by atomic mass is 31.1. The second-order valence-electron chi connectivity index (χ2n) is 2.54. The molecular weight excluding hydrogens is 167 g/mol. The molecule has 0 heterocycles. The summed E-state index contributed by atoms with van der Waals surface area (Å²) in [6.07, 6.45) is 0. The Morgan fingerprint density at radius 1 is 1.45 bits per heavy atom. The summed E-state index contributed by atoms with van der Waals surface area (Å²) in [5.41, 5.74) is 0. The molecule has 0 aliphatic carbocycles. The summed E-state index contributed by atoms with van der Waals surface area (Å²) < 4.78 is 19.4. The lowest BCUT2D eigenvalue weighted by Crippen LogP contribution is -2.06. The van der Waals surface area contributed by atoms with Gasteiger partial charge in [-0.1, -0.05) is 13.8 Å². The largest absolute Gasteiger partial charge is 0.694 e. The molecule has 11 heavy (non-hydrogen) atoms. The highest BCUT2D eigenvalue weighted by molar-refractivity contribution is 7.32. The Bertz CT molecular complexity index is 115. The fraction of sp³-hybridized carbons (Fsp3) is 1.00. The van der Waals surface area contributed by atoms with E-state index in [2.05, 4.69) is 4.52 Å². The first-order chi connectivity index (χ1) is 5.13. The molecule has 1 N–H and O–H groups in total. The van der Waals surface area contributed by atoms with Crippen LogP contribution in [0.25, 0.3) is 0 Å². The van der Waals surface area contributed by atoms with Crippen molar-refractivity contribution in [2.75, 3.05) is 19.8 Å². The van der Waals surface area contributed by atoms with Crippen LogP contribution in [0.5, 0.6) is 0 Å². The lowest BCUT2D eigenvalue weighted by atomic mass is 10.2. The SMILES string of the molecule is CC(C)COCCO[P+](=O)O. The second-order valence-corrected chi connectivity index (χ2v) is 3.27. The van der Waals surface area contributed by atoms with Gasteiger partial charge >= 0.3 is 8.25 Å². The molecular formula is C6H14O4P+. The maximum atomic E-state index is 9.97. The van der Waals surface area contributed by atoms with E-state index in [0.717, 1.165) is 0 Å². The van der Waals surface area contributed by atoms with Crippen molar-refractivity contribution in [3.05, 3.63) is 0 Å². The molecule has 1 atom stereocenters. The molecule has 0 rings (SSSR count). The van der Waals surface area contributed by atoms with Gasteiger partial charge in [-0.3, -0.25) is 0 Å². The smallest absolute Gasteiger partial charge is 0.379 e. The van der Waals surface area contributed by atoms with E-state index in [1.165, 1.54) is 0 Å². The third kappa shape index (κ3) is 9.98. The standard InChI is InChI=1S/C6H13O4P/c1-6(2)5-9-3-4-10-11(7)8/h6H,3-5H2,1-2H3/p+1. The summed E-state index contributed by atoms with van der Waals surface area (Å²) in [4.78, 5) is 8.19. The highest BCUT2D eigenvalue weighted by Gasteiger charge is 2.10. The molecule has 0 amide bonds. The zero-order chi connectivity index (χ0) is 8.69. The Hall–Kier alpha value is -0.0200. The fourth-order valence-electron chi connectivity index (χ4n) is 0.493. The van der Waals surface area contributed by atoms with Crippen LogP contribution in [0.1, 0.15) is 13.8 Å². The van der Waals surface area contributed by atoms with Crippen LogP contribution in [0.3, 0.4) is 0 Å². The number of rotatable bonds is 6. The van der Waals surface area contributed by atoms with Gasteiger partial charge < -0.3 is 4.74 Å². The molecule has 66 valence electrons. The van der Waals surface area contributed by atoms with Crippen LogP contribution >= 0.6 is 8.25 Å².